The number of hydrogen-bond acceptors (Lipinski definition) is 1. The van der Waals surface area contributed by atoms with Crippen molar-refractivity contribution in [1.29, 1.82) is 0 Å². The van der Waals surface area contributed by atoms with Gasteiger partial charge >= 0.3 is 0 Å². The Bertz CT molecular complexity index is 434. The van der Waals surface area contributed by atoms with E-state index in [1.165, 1.54) is 20.8 Å². The molecule has 0 fully saturated rings. The van der Waals surface area contributed by atoms with Crippen molar-refractivity contribution >= 4 is 21.6 Å². The van der Waals surface area contributed by atoms with E-state index in [4.69, 9.17) is 0 Å². The van der Waals surface area contributed by atoms with Gasteiger partial charge in [0.05, 0.1) is 0 Å². The zero-order valence-electron chi connectivity index (χ0n) is 7.97. The van der Waals surface area contributed by atoms with E-state index in [0.29, 0.717) is 0 Å². The molecule has 1 aromatic carbocycles. The molecule has 0 bridgehead atoms. The van der Waals surface area contributed by atoms with Crippen LogP contribution in [0.5, 0.6) is 0 Å². The van der Waals surface area contributed by atoms with E-state index in [0.717, 1.165) is 0 Å². The summed E-state index contributed by atoms with van der Waals surface area (Å²) in [5, 5.41) is 1.36. The number of hydrogen-bond donors (Lipinski definition) is 0. The van der Waals surface area contributed by atoms with E-state index in [-0.39, 0.29) is 24.0 Å². The number of benzene rings is 1. The van der Waals surface area contributed by atoms with Crippen LogP contribution in [0.25, 0.3) is 10.2 Å². The van der Waals surface area contributed by atoms with E-state index >= 15 is 0 Å². The van der Waals surface area contributed by atoms with Gasteiger partial charge in [0.1, 0.15) is 11.7 Å². The number of rotatable bonds is 0. The minimum Gasteiger partial charge on any atom is -1.00 e. The average molecular weight is 305 g/mol. The molecule has 1 heterocycles. The van der Waals surface area contributed by atoms with Gasteiger partial charge in [0.25, 0.3) is 0 Å². The van der Waals surface area contributed by atoms with Crippen LogP contribution in [-0.2, 0) is 7.05 Å². The van der Waals surface area contributed by atoms with Crippen LogP contribution < -0.4 is 28.5 Å². The first-order valence-corrected chi connectivity index (χ1v) is 4.86. The van der Waals surface area contributed by atoms with Crippen molar-refractivity contribution in [3.8, 4) is 0 Å². The van der Waals surface area contributed by atoms with Gasteiger partial charge in [-0.05, 0) is 13.0 Å². The van der Waals surface area contributed by atoms with Gasteiger partial charge in [-0.1, -0.05) is 23.5 Å². The molecule has 0 aliphatic rings. The molecule has 0 saturated carbocycles. The molecule has 0 spiro atoms. The average Bonchev–Trinajstić information content (AvgIpc) is 2.29. The van der Waals surface area contributed by atoms with Crippen LogP contribution in [0, 0.1) is 13.8 Å². The number of thiazole rings is 1. The third-order valence-corrected chi connectivity index (χ3v) is 3.38. The fraction of sp³-hybridized carbons (Fsp3) is 0.300. The van der Waals surface area contributed by atoms with Gasteiger partial charge in [0, 0.05) is 12.5 Å². The van der Waals surface area contributed by atoms with E-state index in [9.17, 15) is 0 Å². The minimum atomic E-state index is 0. The van der Waals surface area contributed by atoms with Crippen molar-refractivity contribution in [2.75, 3.05) is 0 Å². The Hall–Kier alpha value is -0.160. The van der Waals surface area contributed by atoms with Crippen molar-refractivity contribution in [2.45, 2.75) is 13.8 Å². The molecular formula is C10H12INS. The molecule has 70 valence electrons. The molecule has 0 aliphatic carbocycles. The summed E-state index contributed by atoms with van der Waals surface area (Å²) in [5.41, 5.74) is 2.74. The molecule has 0 amide bonds. The molecule has 13 heavy (non-hydrogen) atoms. The van der Waals surface area contributed by atoms with E-state index < -0.39 is 0 Å². The maximum Gasteiger partial charge on any atom is 0.234 e. The molecule has 0 aliphatic heterocycles. The first-order valence-electron chi connectivity index (χ1n) is 4.05. The Morgan fingerprint density at radius 2 is 1.92 bits per heavy atom. The molecule has 0 radical (unpaired) electrons. The Balaban J connectivity index is 0.000000845. The predicted molar refractivity (Wildman–Crippen MR) is 52.5 cm³/mol. The predicted octanol–water partition coefficient (Wildman–Crippen LogP) is -0.653. The largest absolute Gasteiger partial charge is 1.00 e. The molecule has 2 aromatic rings. The molecule has 2 rings (SSSR count). The van der Waals surface area contributed by atoms with Gasteiger partial charge in [-0.2, -0.15) is 4.57 Å². The first-order chi connectivity index (χ1) is 5.70. The van der Waals surface area contributed by atoms with Crippen molar-refractivity contribution in [3.05, 3.63) is 28.8 Å². The van der Waals surface area contributed by atoms with Crippen LogP contribution in [0.1, 0.15) is 10.6 Å². The summed E-state index contributed by atoms with van der Waals surface area (Å²) in [4.78, 5) is 0. The van der Waals surface area contributed by atoms with Crippen molar-refractivity contribution in [2.24, 2.45) is 7.05 Å². The van der Waals surface area contributed by atoms with Gasteiger partial charge in [-0.15, -0.1) is 0 Å². The Kier molecular flexibility index (Phi) is 3.29. The van der Waals surface area contributed by atoms with E-state index in [1.807, 2.05) is 11.3 Å². The lowest BCUT2D eigenvalue weighted by Gasteiger charge is -1.90. The fourth-order valence-corrected chi connectivity index (χ4v) is 2.62. The van der Waals surface area contributed by atoms with Crippen LogP contribution in [0.3, 0.4) is 0 Å². The highest BCUT2D eigenvalue weighted by Crippen LogP contribution is 2.21. The molecule has 3 heteroatoms. The molecule has 0 N–H and O–H groups in total. The lowest BCUT2D eigenvalue weighted by atomic mass is 10.2. The van der Waals surface area contributed by atoms with Gasteiger partial charge in [0.15, 0.2) is 0 Å². The number of halogens is 1. The van der Waals surface area contributed by atoms with E-state index in [2.05, 4.69) is 43.7 Å². The van der Waals surface area contributed by atoms with Gasteiger partial charge in [-0.3, -0.25) is 0 Å². The molecule has 1 nitrogen and oxygen atoms in total. The number of aromatic nitrogens is 1. The van der Waals surface area contributed by atoms with Crippen molar-refractivity contribution < 1.29 is 28.5 Å². The summed E-state index contributed by atoms with van der Waals surface area (Å²) < 4.78 is 3.64. The summed E-state index contributed by atoms with van der Waals surface area (Å²) in [5.74, 6) is 0. The van der Waals surface area contributed by atoms with E-state index in [1.54, 1.807) is 0 Å². The smallest absolute Gasteiger partial charge is 0.234 e. The number of fused-ring (bicyclic) bond motifs is 1. The van der Waals surface area contributed by atoms with Crippen LogP contribution in [0.2, 0.25) is 0 Å². The summed E-state index contributed by atoms with van der Waals surface area (Å²) in [6.07, 6.45) is 0. The quantitative estimate of drug-likeness (QED) is 0.450. The normalized spacial score (nSPS) is 10.1. The topological polar surface area (TPSA) is 3.88 Å². The summed E-state index contributed by atoms with van der Waals surface area (Å²) >= 11 is 1.86. The molecular weight excluding hydrogens is 293 g/mol. The number of nitrogens with zero attached hydrogens (tertiary/aromatic N) is 1. The van der Waals surface area contributed by atoms with Gasteiger partial charge < -0.3 is 24.0 Å². The van der Waals surface area contributed by atoms with Crippen LogP contribution in [0.4, 0.5) is 0 Å². The Morgan fingerprint density at radius 3 is 2.54 bits per heavy atom. The first kappa shape index (κ1) is 10.9. The van der Waals surface area contributed by atoms with Crippen molar-refractivity contribution in [3.63, 3.8) is 0 Å². The maximum absolute atomic E-state index is 2.26. The summed E-state index contributed by atoms with van der Waals surface area (Å²) in [7, 11) is 2.13. The highest BCUT2D eigenvalue weighted by Gasteiger charge is 2.13. The highest BCUT2D eigenvalue weighted by atomic mass is 127. The third-order valence-electron chi connectivity index (χ3n) is 2.27. The zero-order chi connectivity index (χ0) is 8.72. The van der Waals surface area contributed by atoms with Gasteiger partial charge in [0.2, 0.25) is 10.5 Å². The second-order valence-corrected chi connectivity index (χ2v) is 4.34. The molecule has 1 aromatic heterocycles. The molecule has 0 unspecified atom stereocenters. The van der Waals surface area contributed by atoms with Crippen LogP contribution in [-0.4, -0.2) is 0 Å². The second-order valence-electron chi connectivity index (χ2n) is 3.10. The second kappa shape index (κ2) is 3.92. The minimum absolute atomic E-state index is 0. The van der Waals surface area contributed by atoms with Gasteiger partial charge in [-0.25, -0.2) is 0 Å². The lowest BCUT2D eigenvalue weighted by molar-refractivity contribution is -0.646. The van der Waals surface area contributed by atoms with Crippen LogP contribution in [0.15, 0.2) is 18.2 Å². The standard InChI is InChI=1S/C10H12NS.HI/c1-7-5-4-6-9-10(7)11(3)8(2)12-9;/h4-6H,1-3H3;1H/q+1;/p-1. The molecule has 0 saturated heterocycles. The maximum atomic E-state index is 2.26. The fourth-order valence-electron chi connectivity index (χ4n) is 1.53. The Labute approximate surface area is 99.4 Å². The number of para-hydroxylation sites is 1. The highest BCUT2D eigenvalue weighted by molar-refractivity contribution is 7.18. The van der Waals surface area contributed by atoms with Crippen LogP contribution >= 0.6 is 11.3 Å². The summed E-state index contributed by atoms with van der Waals surface area (Å²) in [6.45, 7) is 4.32. The third kappa shape index (κ3) is 1.72. The zero-order valence-corrected chi connectivity index (χ0v) is 10.9. The summed E-state index contributed by atoms with van der Waals surface area (Å²) in [6, 6.07) is 6.46. The van der Waals surface area contributed by atoms with Crippen molar-refractivity contribution in [1.82, 2.24) is 0 Å². The SMILES string of the molecule is Cc1cccc2sc(C)[n+](C)c12.[I-]. The molecule has 0 atom stereocenters. The lowest BCUT2D eigenvalue weighted by Crippen LogP contribution is -3.00. The number of aryl methyl sites for hydroxylation is 3. The Morgan fingerprint density at radius 1 is 1.23 bits per heavy atom. The monoisotopic (exact) mass is 305 g/mol.